The van der Waals surface area contributed by atoms with Crippen LogP contribution in [0.15, 0.2) is 29.1 Å². The van der Waals surface area contributed by atoms with E-state index in [2.05, 4.69) is 15.4 Å². The van der Waals surface area contributed by atoms with Crippen molar-refractivity contribution in [1.29, 1.82) is 0 Å². The normalized spacial score (nSPS) is 11.4. The maximum Gasteiger partial charge on any atom is 0.352 e. The number of aromatic nitrogens is 4. The fourth-order valence-corrected chi connectivity index (χ4v) is 2.37. The number of aryl methyl sites for hydroxylation is 2. The molecular weight excluding hydrogens is 297 g/mol. The molecular formula is C16H18FN5O. The number of nitrogens with one attached hydrogen (secondary N) is 1. The van der Waals surface area contributed by atoms with Crippen molar-refractivity contribution in [3.63, 3.8) is 0 Å². The van der Waals surface area contributed by atoms with Gasteiger partial charge in [-0.1, -0.05) is 6.07 Å². The molecule has 1 aromatic carbocycles. The average molecular weight is 315 g/mol. The van der Waals surface area contributed by atoms with Crippen LogP contribution in [0.1, 0.15) is 31.1 Å². The second-order valence-corrected chi connectivity index (χ2v) is 5.83. The first-order valence-corrected chi connectivity index (χ1v) is 7.39. The summed E-state index contributed by atoms with van der Waals surface area (Å²) in [4.78, 5) is 16.6. The Hall–Kier alpha value is -2.70. The molecule has 0 aliphatic rings. The fourth-order valence-electron chi connectivity index (χ4n) is 2.37. The van der Waals surface area contributed by atoms with Gasteiger partial charge < -0.3 is 5.32 Å². The highest BCUT2D eigenvalue weighted by Gasteiger charge is 2.13. The van der Waals surface area contributed by atoms with E-state index in [1.54, 1.807) is 25.1 Å². The van der Waals surface area contributed by atoms with Gasteiger partial charge in [-0.3, -0.25) is 0 Å². The maximum absolute atomic E-state index is 13.6. The highest BCUT2D eigenvalue weighted by molar-refractivity contribution is 5.58. The van der Waals surface area contributed by atoms with Gasteiger partial charge in [-0.15, -0.1) is 5.10 Å². The molecule has 0 radical (unpaired) electrons. The van der Waals surface area contributed by atoms with Crippen LogP contribution in [0.5, 0.6) is 0 Å². The smallest absolute Gasteiger partial charge is 0.340 e. The number of anilines is 2. The lowest BCUT2D eigenvalue weighted by Crippen LogP contribution is -2.23. The van der Waals surface area contributed by atoms with Crippen molar-refractivity contribution < 1.29 is 4.39 Å². The second-order valence-electron chi connectivity index (χ2n) is 5.83. The van der Waals surface area contributed by atoms with Gasteiger partial charge in [0, 0.05) is 17.4 Å². The van der Waals surface area contributed by atoms with E-state index in [-0.39, 0.29) is 17.5 Å². The predicted molar refractivity (Wildman–Crippen MR) is 86.8 cm³/mol. The zero-order valence-electron chi connectivity index (χ0n) is 13.5. The first-order valence-electron chi connectivity index (χ1n) is 7.39. The molecule has 23 heavy (non-hydrogen) atoms. The van der Waals surface area contributed by atoms with Crippen molar-refractivity contribution >= 4 is 17.3 Å². The van der Waals surface area contributed by atoms with Crippen LogP contribution in [0, 0.1) is 19.7 Å². The lowest BCUT2D eigenvalue weighted by Gasteiger charge is -2.08. The Balaban J connectivity index is 2.05. The van der Waals surface area contributed by atoms with Crippen molar-refractivity contribution in [1.82, 2.24) is 19.2 Å². The minimum atomic E-state index is -0.284. The summed E-state index contributed by atoms with van der Waals surface area (Å²) in [5.74, 6) is 0.547. The van der Waals surface area contributed by atoms with E-state index in [4.69, 9.17) is 0 Å². The minimum absolute atomic E-state index is 0.0498. The molecule has 3 aromatic rings. The monoisotopic (exact) mass is 315 g/mol. The van der Waals surface area contributed by atoms with Gasteiger partial charge in [-0.25, -0.2) is 18.3 Å². The van der Waals surface area contributed by atoms with Gasteiger partial charge in [0.1, 0.15) is 11.6 Å². The fraction of sp³-hybridized carbons (Fsp3) is 0.312. The summed E-state index contributed by atoms with van der Waals surface area (Å²) in [6, 6.07) is 6.57. The minimum Gasteiger partial charge on any atom is -0.340 e. The van der Waals surface area contributed by atoms with E-state index in [1.807, 2.05) is 20.8 Å². The molecule has 7 heteroatoms. The summed E-state index contributed by atoms with van der Waals surface area (Å²) >= 11 is 0. The van der Waals surface area contributed by atoms with E-state index >= 15 is 0 Å². The number of halogens is 1. The largest absolute Gasteiger partial charge is 0.352 e. The molecule has 0 fully saturated rings. The van der Waals surface area contributed by atoms with Gasteiger partial charge in [-0.2, -0.15) is 4.98 Å². The first kappa shape index (κ1) is 15.2. The molecule has 120 valence electrons. The number of nitrogens with zero attached hydrogens (tertiary/aromatic N) is 4. The summed E-state index contributed by atoms with van der Waals surface area (Å²) < 4.78 is 16.5. The summed E-state index contributed by atoms with van der Waals surface area (Å²) in [6.45, 7) is 7.29. The van der Waals surface area contributed by atoms with Gasteiger partial charge in [-0.05, 0) is 45.4 Å². The molecule has 0 aliphatic carbocycles. The number of rotatable bonds is 3. The molecule has 2 heterocycles. The third-order valence-corrected chi connectivity index (χ3v) is 3.64. The Bertz CT molecular complexity index is 942. The number of hydrogen-bond acceptors (Lipinski definition) is 4. The highest BCUT2D eigenvalue weighted by Crippen LogP contribution is 2.19. The van der Waals surface area contributed by atoms with Crippen LogP contribution in [0.2, 0.25) is 0 Å². The van der Waals surface area contributed by atoms with Crippen molar-refractivity contribution in [2.45, 2.75) is 33.7 Å². The molecule has 6 nitrogen and oxygen atoms in total. The molecule has 0 atom stereocenters. The topological polar surface area (TPSA) is 64.2 Å². The molecule has 3 rings (SSSR count). The lowest BCUT2D eigenvalue weighted by molar-refractivity contribution is 0.513. The van der Waals surface area contributed by atoms with Crippen molar-refractivity contribution in [2.75, 3.05) is 5.32 Å². The van der Waals surface area contributed by atoms with Gasteiger partial charge in [0.25, 0.3) is 5.78 Å². The van der Waals surface area contributed by atoms with Crippen LogP contribution in [-0.4, -0.2) is 19.2 Å². The van der Waals surface area contributed by atoms with E-state index in [9.17, 15) is 9.18 Å². The van der Waals surface area contributed by atoms with Gasteiger partial charge in [0.2, 0.25) is 0 Å². The molecule has 0 amide bonds. The Labute approximate surface area is 132 Å². The molecule has 0 spiro atoms. The van der Waals surface area contributed by atoms with E-state index in [0.717, 1.165) is 0 Å². The average Bonchev–Trinajstić information content (AvgIpc) is 2.80. The Morgan fingerprint density at radius 1 is 1.22 bits per heavy atom. The van der Waals surface area contributed by atoms with Crippen molar-refractivity contribution in [2.24, 2.45) is 0 Å². The highest BCUT2D eigenvalue weighted by atomic mass is 19.1. The third kappa shape index (κ3) is 2.69. The Morgan fingerprint density at radius 2 is 1.96 bits per heavy atom. The zero-order chi connectivity index (χ0) is 16.7. The van der Waals surface area contributed by atoms with Crippen LogP contribution in [-0.2, 0) is 0 Å². The lowest BCUT2D eigenvalue weighted by atomic mass is 10.2. The van der Waals surface area contributed by atoms with E-state index in [1.165, 1.54) is 15.1 Å². The van der Waals surface area contributed by atoms with Crippen LogP contribution >= 0.6 is 0 Å². The van der Waals surface area contributed by atoms with Gasteiger partial charge in [0.15, 0.2) is 0 Å². The van der Waals surface area contributed by atoms with Crippen molar-refractivity contribution in [3.05, 3.63) is 51.8 Å². The van der Waals surface area contributed by atoms with E-state index in [0.29, 0.717) is 28.5 Å². The third-order valence-electron chi connectivity index (χ3n) is 3.64. The Morgan fingerprint density at radius 3 is 2.61 bits per heavy atom. The summed E-state index contributed by atoms with van der Waals surface area (Å²) in [7, 11) is 0. The molecule has 2 aromatic heterocycles. The van der Waals surface area contributed by atoms with Crippen LogP contribution < -0.4 is 11.0 Å². The quantitative estimate of drug-likeness (QED) is 0.807. The van der Waals surface area contributed by atoms with Gasteiger partial charge in [0.05, 0.1) is 6.04 Å². The second kappa shape index (κ2) is 5.49. The predicted octanol–water partition coefficient (Wildman–Crippen LogP) is 2.97. The maximum atomic E-state index is 13.6. The van der Waals surface area contributed by atoms with E-state index < -0.39 is 0 Å². The van der Waals surface area contributed by atoms with Crippen molar-refractivity contribution in [3.8, 4) is 0 Å². The molecule has 0 saturated carbocycles. The molecule has 0 aliphatic heterocycles. The number of fused-ring (bicyclic) bond motifs is 1. The standard InChI is InChI=1S/C16H18FN5O/c1-9(2)22-16(23)21-11(4)7-14(19-15(21)20-22)18-12-6-5-10(3)13(17)8-12/h5-9H,1-4H3,(H,18,19,20). The summed E-state index contributed by atoms with van der Waals surface area (Å²) in [5.41, 5.74) is 1.67. The zero-order valence-corrected chi connectivity index (χ0v) is 13.5. The Kier molecular flexibility index (Phi) is 3.63. The summed E-state index contributed by atoms with van der Waals surface area (Å²) in [6.07, 6.45) is 0. The van der Waals surface area contributed by atoms with Crippen LogP contribution in [0.25, 0.3) is 5.78 Å². The molecule has 1 N–H and O–H groups in total. The number of benzene rings is 1. The van der Waals surface area contributed by atoms with Gasteiger partial charge >= 0.3 is 5.69 Å². The first-order chi connectivity index (χ1) is 10.9. The molecule has 0 bridgehead atoms. The number of hydrogen-bond donors (Lipinski definition) is 1. The SMILES string of the molecule is Cc1ccc(Nc2cc(C)n3c(=O)n(C(C)C)nc3n2)cc1F. The van der Waals surface area contributed by atoms with Crippen LogP contribution in [0.4, 0.5) is 15.9 Å². The molecule has 0 saturated heterocycles. The van der Waals surface area contributed by atoms with Crippen LogP contribution in [0.3, 0.4) is 0 Å². The molecule has 0 unspecified atom stereocenters. The summed E-state index contributed by atoms with van der Waals surface area (Å²) in [5, 5.41) is 7.30.